The molecule has 78 valence electrons. The molecule has 1 unspecified atom stereocenters. The first kappa shape index (κ1) is 12.5. The minimum absolute atomic E-state index is 0. The standard InChI is InChI=1S/C6H10F3N3.BrH/c1-5(6(7,8)9)2-3-11-4(10)12-5;/h2-3H2,1H3,(H3,10,11,12);1H. The molecule has 1 atom stereocenters. The van der Waals surface area contributed by atoms with E-state index >= 15 is 0 Å². The normalized spacial score (nSPS) is 28.5. The maximum Gasteiger partial charge on any atom is 0.411 e. The van der Waals surface area contributed by atoms with Gasteiger partial charge in [-0.1, -0.05) is 0 Å². The van der Waals surface area contributed by atoms with Crippen LogP contribution in [-0.4, -0.2) is 24.2 Å². The molecule has 1 fully saturated rings. The fraction of sp³-hybridized carbons (Fsp3) is 0.833. The lowest BCUT2D eigenvalue weighted by Crippen LogP contribution is -2.64. The lowest BCUT2D eigenvalue weighted by molar-refractivity contribution is -0.190. The van der Waals surface area contributed by atoms with Gasteiger partial charge in [-0.25, -0.2) is 0 Å². The monoisotopic (exact) mass is 261 g/mol. The molecule has 0 radical (unpaired) electrons. The second-order valence-electron chi connectivity index (χ2n) is 3.01. The first-order valence-electron chi connectivity index (χ1n) is 3.52. The zero-order valence-corrected chi connectivity index (χ0v) is 8.67. The molecule has 7 heteroatoms. The summed E-state index contributed by atoms with van der Waals surface area (Å²) in [5.74, 6) is -0.263. The van der Waals surface area contributed by atoms with E-state index in [1.54, 1.807) is 0 Å². The molecule has 0 aromatic rings. The third-order valence-corrected chi connectivity index (χ3v) is 1.95. The van der Waals surface area contributed by atoms with Crippen LogP contribution in [0.3, 0.4) is 0 Å². The van der Waals surface area contributed by atoms with Crippen LogP contribution in [0.15, 0.2) is 0 Å². The SMILES string of the molecule is Br.CC1(C(F)(F)F)CCNC(=N)N1. The molecule has 0 spiro atoms. The third-order valence-electron chi connectivity index (χ3n) is 1.95. The molecule has 13 heavy (non-hydrogen) atoms. The number of nitrogens with one attached hydrogen (secondary N) is 3. The van der Waals surface area contributed by atoms with Gasteiger partial charge in [0.05, 0.1) is 0 Å². The minimum Gasteiger partial charge on any atom is -0.356 e. The summed E-state index contributed by atoms with van der Waals surface area (Å²) >= 11 is 0. The highest BCUT2D eigenvalue weighted by Gasteiger charge is 2.52. The second-order valence-corrected chi connectivity index (χ2v) is 3.01. The minimum atomic E-state index is -4.30. The van der Waals surface area contributed by atoms with Crippen LogP contribution in [-0.2, 0) is 0 Å². The van der Waals surface area contributed by atoms with E-state index in [0.29, 0.717) is 0 Å². The molecule has 1 aliphatic heterocycles. The van der Waals surface area contributed by atoms with Gasteiger partial charge in [-0.15, -0.1) is 17.0 Å². The molecule has 0 aromatic carbocycles. The first-order chi connectivity index (χ1) is 5.35. The molecule has 3 nitrogen and oxygen atoms in total. The number of halogens is 4. The summed E-state index contributed by atoms with van der Waals surface area (Å²) in [6, 6.07) is 0. The zero-order valence-electron chi connectivity index (χ0n) is 6.96. The topological polar surface area (TPSA) is 47.9 Å². The van der Waals surface area contributed by atoms with Crippen LogP contribution in [0, 0.1) is 5.41 Å². The van der Waals surface area contributed by atoms with Gasteiger partial charge < -0.3 is 10.6 Å². The Morgan fingerprint density at radius 2 is 2.00 bits per heavy atom. The van der Waals surface area contributed by atoms with Crippen molar-refractivity contribution in [3.05, 3.63) is 0 Å². The summed E-state index contributed by atoms with van der Waals surface area (Å²) in [4.78, 5) is 0. The highest BCUT2D eigenvalue weighted by Crippen LogP contribution is 2.33. The van der Waals surface area contributed by atoms with Crippen molar-refractivity contribution in [1.82, 2.24) is 10.6 Å². The first-order valence-corrected chi connectivity index (χ1v) is 3.52. The van der Waals surface area contributed by atoms with E-state index in [1.165, 1.54) is 0 Å². The van der Waals surface area contributed by atoms with Crippen molar-refractivity contribution in [2.45, 2.75) is 25.1 Å². The van der Waals surface area contributed by atoms with Crippen LogP contribution in [0.2, 0.25) is 0 Å². The lowest BCUT2D eigenvalue weighted by Gasteiger charge is -2.37. The van der Waals surface area contributed by atoms with E-state index in [9.17, 15) is 13.2 Å². The molecule has 3 N–H and O–H groups in total. The second kappa shape index (κ2) is 3.73. The molecule has 0 bridgehead atoms. The molecule has 1 aliphatic rings. The van der Waals surface area contributed by atoms with Crippen molar-refractivity contribution in [2.75, 3.05) is 6.54 Å². The Kier molecular flexibility index (Phi) is 3.60. The van der Waals surface area contributed by atoms with Crippen molar-refractivity contribution in [1.29, 1.82) is 5.41 Å². The van der Waals surface area contributed by atoms with Crippen LogP contribution in [0.5, 0.6) is 0 Å². The van der Waals surface area contributed by atoms with Gasteiger partial charge in [0.2, 0.25) is 0 Å². The molecule has 0 saturated carbocycles. The van der Waals surface area contributed by atoms with Gasteiger partial charge in [0.15, 0.2) is 5.96 Å². The van der Waals surface area contributed by atoms with Gasteiger partial charge in [-0.3, -0.25) is 5.41 Å². The average Bonchev–Trinajstić information content (AvgIpc) is 1.83. The Hall–Kier alpha value is -0.460. The quantitative estimate of drug-likeness (QED) is 0.618. The smallest absolute Gasteiger partial charge is 0.356 e. The van der Waals surface area contributed by atoms with Crippen molar-refractivity contribution in [3.63, 3.8) is 0 Å². The van der Waals surface area contributed by atoms with Crippen LogP contribution in [0.1, 0.15) is 13.3 Å². The Morgan fingerprint density at radius 3 is 2.31 bits per heavy atom. The van der Waals surface area contributed by atoms with E-state index in [4.69, 9.17) is 5.41 Å². The van der Waals surface area contributed by atoms with Crippen LogP contribution in [0.4, 0.5) is 13.2 Å². The molecule has 0 aromatic heterocycles. The molecule has 1 rings (SSSR count). The van der Waals surface area contributed by atoms with E-state index in [2.05, 4.69) is 10.6 Å². The maximum atomic E-state index is 12.3. The summed E-state index contributed by atoms with van der Waals surface area (Å²) in [7, 11) is 0. The summed E-state index contributed by atoms with van der Waals surface area (Å²) in [6.07, 6.45) is -4.36. The summed E-state index contributed by atoms with van der Waals surface area (Å²) in [5, 5.41) is 11.6. The highest BCUT2D eigenvalue weighted by molar-refractivity contribution is 8.93. The Bertz CT molecular complexity index is 206. The molecular weight excluding hydrogens is 251 g/mol. The fourth-order valence-corrected chi connectivity index (χ4v) is 1.03. The van der Waals surface area contributed by atoms with Gasteiger partial charge in [-0.05, 0) is 13.3 Å². The number of hydrogen-bond donors (Lipinski definition) is 3. The van der Waals surface area contributed by atoms with Gasteiger partial charge in [0.1, 0.15) is 5.54 Å². The molecular formula is C6H11BrF3N3. The molecule has 0 amide bonds. The number of alkyl halides is 3. The van der Waals surface area contributed by atoms with Crippen LogP contribution in [0.25, 0.3) is 0 Å². The van der Waals surface area contributed by atoms with Crippen molar-refractivity contribution >= 4 is 22.9 Å². The fourth-order valence-electron chi connectivity index (χ4n) is 1.03. The Labute approximate surface area is 84.4 Å². The largest absolute Gasteiger partial charge is 0.411 e. The Morgan fingerprint density at radius 1 is 1.46 bits per heavy atom. The number of hydrogen-bond acceptors (Lipinski definition) is 1. The summed E-state index contributed by atoms with van der Waals surface area (Å²) in [5.41, 5.74) is -1.95. The predicted molar refractivity (Wildman–Crippen MR) is 48.3 cm³/mol. The van der Waals surface area contributed by atoms with Crippen LogP contribution >= 0.6 is 17.0 Å². The maximum absolute atomic E-state index is 12.3. The number of rotatable bonds is 0. The van der Waals surface area contributed by atoms with Gasteiger partial charge in [0, 0.05) is 6.54 Å². The highest BCUT2D eigenvalue weighted by atomic mass is 79.9. The van der Waals surface area contributed by atoms with E-state index in [0.717, 1.165) is 6.92 Å². The van der Waals surface area contributed by atoms with Gasteiger partial charge >= 0.3 is 6.18 Å². The third kappa shape index (κ3) is 2.49. The van der Waals surface area contributed by atoms with E-state index < -0.39 is 11.7 Å². The summed E-state index contributed by atoms with van der Waals surface area (Å²) in [6.45, 7) is 1.24. The van der Waals surface area contributed by atoms with Crippen LogP contribution < -0.4 is 10.6 Å². The van der Waals surface area contributed by atoms with Gasteiger partial charge in [0.25, 0.3) is 0 Å². The molecule has 1 saturated heterocycles. The van der Waals surface area contributed by atoms with E-state index in [-0.39, 0.29) is 35.9 Å². The molecule has 0 aliphatic carbocycles. The zero-order chi connectivity index (χ0) is 9.41. The lowest BCUT2D eigenvalue weighted by atomic mass is 9.95. The number of guanidine groups is 1. The predicted octanol–water partition coefficient (Wildman–Crippen LogP) is 1.40. The van der Waals surface area contributed by atoms with Crippen molar-refractivity contribution in [3.8, 4) is 0 Å². The Balaban J connectivity index is 0.00000144. The van der Waals surface area contributed by atoms with E-state index in [1.807, 2.05) is 0 Å². The van der Waals surface area contributed by atoms with Crippen molar-refractivity contribution in [2.24, 2.45) is 0 Å². The summed E-state index contributed by atoms with van der Waals surface area (Å²) < 4.78 is 36.9. The van der Waals surface area contributed by atoms with Gasteiger partial charge in [-0.2, -0.15) is 13.2 Å². The van der Waals surface area contributed by atoms with Crippen molar-refractivity contribution < 1.29 is 13.2 Å². The molecule has 1 heterocycles. The average molecular weight is 262 g/mol.